The lowest BCUT2D eigenvalue weighted by Gasteiger charge is -2.14. The highest BCUT2D eigenvalue weighted by Crippen LogP contribution is 2.36. The first-order chi connectivity index (χ1) is 9.65. The van der Waals surface area contributed by atoms with Gasteiger partial charge < -0.3 is 14.6 Å². The minimum Gasteiger partial charge on any atom is -0.511 e. The van der Waals surface area contributed by atoms with Crippen LogP contribution in [0.15, 0.2) is 30.2 Å². The highest BCUT2D eigenvalue weighted by molar-refractivity contribution is 5.86. The minimum absolute atomic E-state index is 0.209. The Morgan fingerprint density at radius 3 is 2.65 bits per heavy atom. The molecule has 0 radical (unpaired) electrons. The fourth-order valence-corrected chi connectivity index (χ4v) is 2.58. The van der Waals surface area contributed by atoms with E-state index in [9.17, 15) is 4.79 Å². The Morgan fingerprint density at radius 1 is 1.35 bits per heavy atom. The van der Waals surface area contributed by atoms with E-state index in [1.54, 1.807) is 0 Å². The van der Waals surface area contributed by atoms with Crippen molar-refractivity contribution in [1.29, 1.82) is 0 Å². The summed E-state index contributed by atoms with van der Waals surface area (Å²) in [4.78, 5) is 11.4. The SMILES string of the molecule is COC(=O)C(=CO)Oc1cc(C2CCCC2)ccc1C. The number of carbonyl (C=O) groups excluding carboxylic acids is 1. The number of carbonyl (C=O) groups is 1. The molecule has 0 aliphatic heterocycles. The lowest BCUT2D eigenvalue weighted by atomic mass is 9.96. The number of esters is 1. The highest BCUT2D eigenvalue weighted by atomic mass is 16.6. The summed E-state index contributed by atoms with van der Waals surface area (Å²) in [6.45, 7) is 1.90. The monoisotopic (exact) mass is 276 g/mol. The summed E-state index contributed by atoms with van der Waals surface area (Å²) in [6.07, 6.45) is 5.55. The second-order valence-electron chi connectivity index (χ2n) is 5.09. The molecule has 0 saturated heterocycles. The van der Waals surface area contributed by atoms with Gasteiger partial charge in [-0.1, -0.05) is 25.0 Å². The Bertz CT molecular complexity index is 513. The molecule has 108 valence electrons. The standard InChI is InChI=1S/C16H20O4/c1-11-7-8-13(12-5-3-4-6-12)9-14(11)20-15(10-17)16(18)19-2/h7-10,12,17H,3-6H2,1-2H3. The van der Waals surface area contributed by atoms with Crippen LogP contribution >= 0.6 is 0 Å². The number of ether oxygens (including phenoxy) is 2. The average molecular weight is 276 g/mol. The molecule has 1 fully saturated rings. The van der Waals surface area contributed by atoms with E-state index in [1.807, 2.05) is 19.1 Å². The van der Waals surface area contributed by atoms with Crippen LogP contribution in [-0.4, -0.2) is 18.2 Å². The summed E-state index contributed by atoms with van der Waals surface area (Å²) in [5.41, 5.74) is 2.14. The van der Waals surface area contributed by atoms with Crippen molar-refractivity contribution in [1.82, 2.24) is 0 Å². The van der Waals surface area contributed by atoms with Crippen LogP contribution in [0.5, 0.6) is 5.75 Å². The molecule has 1 N–H and O–H groups in total. The molecule has 0 amide bonds. The van der Waals surface area contributed by atoms with Crippen LogP contribution in [0.2, 0.25) is 0 Å². The normalized spacial score (nSPS) is 16.2. The van der Waals surface area contributed by atoms with Gasteiger partial charge >= 0.3 is 5.97 Å². The zero-order valence-electron chi connectivity index (χ0n) is 11.9. The molecule has 0 atom stereocenters. The van der Waals surface area contributed by atoms with Gasteiger partial charge in [0.15, 0.2) is 0 Å². The van der Waals surface area contributed by atoms with Crippen molar-refractivity contribution >= 4 is 5.97 Å². The van der Waals surface area contributed by atoms with Gasteiger partial charge in [-0.3, -0.25) is 0 Å². The highest BCUT2D eigenvalue weighted by Gasteiger charge is 2.19. The number of methoxy groups -OCH3 is 1. The summed E-state index contributed by atoms with van der Waals surface area (Å²) < 4.78 is 10.0. The first-order valence-electron chi connectivity index (χ1n) is 6.86. The third kappa shape index (κ3) is 3.13. The van der Waals surface area contributed by atoms with Crippen LogP contribution in [0.25, 0.3) is 0 Å². The van der Waals surface area contributed by atoms with Crippen molar-refractivity contribution in [3.8, 4) is 5.75 Å². The maximum Gasteiger partial charge on any atom is 0.377 e. The molecular formula is C16H20O4. The number of aryl methyl sites for hydroxylation is 1. The molecular weight excluding hydrogens is 256 g/mol. The van der Waals surface area contributed by atoms with Crippen LogP contribution in [-0.2, 0) is 9.53 Å². The lowest BCUT2D eigenvalue weighted by molar-refractivity contribution is -0.138. The Morgan fingerprint density at radius 2 is 2.05 bits per heavy atom. The van der Waals surface area contributed by atoms with Gasteiger partial charge in [-0.05, 0) is 42.9 Å². The Balaban J connectivity index is 2.22. The molecule has 4 heteroatoms. The van der Waals surface area contributed by atoms with Crippen molar-refractivity contribution in [3.63, 3.8) is 0 Å². The molecule has 1 aromatic carbocycles. The van der Waals surface area contributed by atoms with Crippen LogP contribution in [0.1, 0.15) is 42.7 Å². The van der Waals surface area contributed by atoms with E-state index in [0.717, 1.165) is 5.56 Å². The maximum atomic E-state index is 11.4. The Labute approximate surface area is 119 Å². The molecule has 0 unspecified atom stereocenters. The van der Waals surface area contributed by atoms with Crippen molar-refractivity contribution in [3.05, 3.63) is 41.3 Å². The maximum absolute atomic E-state index is 11.4. The first kappa shape index (κ1) is 14.4. The molecule has 1 aliphatic carbocycles. The molecule has 20 heavy (non-hydrogen) atoms. The number of benzene rings is 1. The fraction of sp³-hybridized carbons (Fsp3) is 0.438. The molecule has 1 aliphatic rings. The Hall–Kier alpha value is -1.97. The predicted octanol–water partition coefficient (Wildman–Crippen LogP) is 3.60. The third-order valence-corrected chi connectivity index (χ3v) is 3.76. The molecule has 0 heterocycles. The van der Waals surface area contributed by atoms with Crippen LogP contribution in [0.4, 0.5) is 0 Å². The van der Waals surface area contributed by atoms with Crippen LogP contribution in [0.3, 0.4) is 0 Å². The van der Waals surface area contributed by atoms with Crippen LogP contribution < -0.4 is 4.74 Å². The van der Waals surface area contributed by atoms with Gasteiger partial charge in [0.1, 0.15) is 12.0 Å². The number of hydrogen-bond acceptors (Lipinski definition) is 4. The van der Waals surface area contributed by atoms with Gasteiger partial charge in [0, 0.05) is 0 Å². The number of rotatable bonds is 4. The van der Waals surface area contributed by atoms with Gasteiger partial charge in [0.25, 0.3) is 0 Å². The van der Waals surface area contributed by atoms with Gasteiger partial charge in [-0.2, -0.15) is 0 Å². The average Bonchev–Trinajstić information content (AvgIpc) is 2.99. The van der Waals surface area contributed by atoms with Gasteiger partial charge in [-0.15, -0.1) is 0 Å². The van der Waals surface area contributed by atoms with E-state index >= 15 is 0 Å². The summed E-state index contributed by atoms with van der Waals surface area (Å²) in [7, 11) is 1.25. The van der Waals surface area contributed by atoms with Crippen molar-refractivity contribution < 1.29 is 19.4 Å². The van der Waals surface area contributed by atoms with E-state index in [1.165, 1.54) is 38.4 Å². The quantitative estimate of drug-likeness (QED) is 0.518. The lowest BCUT2D eigenvalue weighted by Crippen LogP contribution is -2.11. The zero-order chi connectivity index (χ0) is 14.5. The zero-order valence-corrected chi connectivity index (χ0v) is 11.9. The van der Waals surface area contributed by atoms with Crippen molar-refractivity contribution in [2.24, 2.45) is 0 Å². The van der Waals surface area contributed by atoms with E-state index in [-0.39, 0.29) is 5.76 Å². The number of hydrogen-bond donors (Lipinski definition) is 1. The molecule has 0 bridgehead atoms. The molecule has 0 aromatic heterocycles. The summed E-state index contributed by atoms with van der Waals surface area (Å²) >= 11 is 0. The molecule has 2 rings (SSSR count). The van der Waals surface area contributed by atoms with E-state index in [0.29, 0.717) is 17.9 Å². The van der Waals surface area contributed by atoms with Gasteiger partial charge in [0.2, 0.25) is 5.76 Å². The smallest absolute Gasteiger partial charge is 0.377 e. The number of aliphatic hydroxyl groups excluding tert-OH is 1. The van der Waals surface area contributed by atoms with Crippen LogP contribution in [0, 0.1) is 6.92 Å². The summed E-state index contributed by atoms with van der Waals surface area (Å²) in [5.74, 6) is 0.245. The number of aliphatic hydroxyl groups is 1. The van der Waals surface area contributed by atoms with Crippen molar-refractivity contribution in [2.75, 3.05) is 7.11 Å². The predicted molar refractivity (Wildman–Crippen MR) is 75.7 cm³/mol. The largest absolute Gasteiger partial charge is 0.511 e. The first-order valence-corrected chi connectivity index (χ1v) is 6.86. The minimum atomic E-state index is -0.696. The topological polar surface area (TPSA) is 55.8 Å². The molecule has 1 aromatic rings. The van der Waals surface area contributed by atoms with Gasteiger partial charge in [0.05, 0.1) is 7.11 Å². The molecule has 1 saturated carbocycles. The van der Waals surface area contributed by atoms with Crippen molar-refractivity contribution in [2.45, 2.75) is 38.5 Å². The Kier molecular flexibility index (Phi) is 4.66. The molecule has 0 spiro atoms. The summed E-state index contributed by atoms with van der Waals surface area (Å²) in [5, 5.41) is 9.07. The second kappa shape index (κ2) is 6.46. The van der Waals surface area contributed by atoms with E-state index < -0.39 is 5.97 Å². The third-order valence-electron chi connectivity index (χ3n) is 3.76. The fourth-order valence-electron chi connectivity index (χ4n) is 2.58. The summed E-state index contributed by atoms with van der Waals surface area (Å²) in [6, 6.07) is 6.05. The van der Waals surface area contributed by atoms with E-state index in [2.05, 4.69) is 10.8 Å². The van der Waals surface area contributed by atoms with E-state index in [4.69, 9.17) is 9.84 Å². The van der Waals surface area contributed by atoms with Gasteiger partial charge in [-0.25, -0.2) is 4.79 Å². The second-order valence-corrected chi connectivity index (χ2v) is 5.09. The molecule has 4 nitrogen and oxygen atoms in total.